The van der Waals surface area contributed by atoms with Crippen LogP contribution in [0.1, 0.15) is 20.8 Å². The highest BCUT2D eigenvalue weighted by Crippen LogP contribution is 2.37. The molecule has 0 spiro atoms. The van der Waals surface area contributed by atoms with Gasteiger partial charge in [0.05, 0.1) is 8.07 Å². The molecule has 0 radical (unpaired) electrons. The molecule has 0 aliphatic rings. The van der Waals surface area contributed by atoms with Crippen molar-refractivity contribution in [3.05, 3.63) is 42.5 Å². The Morgan fingerprint density at radius 1 is 1.07 bits per heavy atom. The van der Waals surface area contributed by atoms with Gasteiger partial charge in [0.25, 0.3) is 0 Å². The van der Waals surface area contributed by atoms with Crippen LogP contribution in [-0.2, 0) is 0 Å². The summed E-state index contributed by atoms with van der Waals surface area (Å²) in [6, 6.07) is 10.9. The van der Waals surface area contributed by atoms with Crippen molar-refractivity contribution in [2.24, 2.45) is 0 Å². The summed E-state index contributed by atoms with van der Waals surface area (Å²) < 4.78 is 0. The second kappa shape index (κ2) is 4.36. The molecule has 1 aromatic carbocycles. The Morgan fingerprint density at radius 3 is 2.07 bits per heavy atom. The highest BCUT2D eigenvalue weighted by atomic mass is 28.3. The Balaban J connectivity index is 3.12. The van der Waals surface area contributed by atoms with Crippen LogP contribution < -0.4 is 5.19 Å². The van der Waals surface area contributed by atoms with Gasteiger partial charge < -0.3 is 0 Å². The van der Waals surface area contributed by atoms with Crippen LogP contribution in [0.4, 0.5) is 0 Å². The van der Waals surface area contributed by atoms with Gasteiger partial charge in [0.1, 0.15) is 0 Å². The number of allylic oxidation sites excluding steroid dienone is 2. The van der Waals surface area contributed by atoms with Crippen molar-refractivity contribution in [2.75, 3.05) is 0 Å². The summed E-state index contributed by atoms with van der Waals surface area (Å²) in [6.45, 7) is 11.7. The molecule has 0 amide bonds. The molecule has 1 heteroatoms. The second-order valence-electron chi connectivity index (χ2n) is 5.21. The van der Waals surface area contributed by atoms with Crippen molar-refractivity contribution in [3.63, 3.8) is 0 Å². The van der Waals surface area contributed by atoms with Gasteiger partial charge in [0, 0.05) is 0 Å². The largest absolute Gasteiger partial charge is 0.0914 e. The van der Waals surface area contributed by atoms with E-state index in [0.29, 0.717) is 5.04 Å². The van der Waals surface area contributed by atoms with Crippen molar-refractivity contribution < 1.29 is 0 Å². The molecule has 0 unspecified atom stereocenters. The molecule has 0 aromatic heterocycles. The maximum atomic E-state index is 2.45. The maximum absolute atomic E-state index is 2.45. The van der Waals surface area contributed by atoms with E-state index in [4.69, 9.17) is 0 Å². The van der Waals surface area contributed by atoms with Crippen LogP contribution in [0.15, 0.2) is 42.5 Å². The summed E-state index contributed by atoms with van der Waals surface area (Å²) in [5.74, 6) is 0. The quantitative estimate of drug-likeness (QED) is 0.532. The molecule has 0 atom stereocenters. The third-order valence-corrected chi connectivity index (χ3v) is 8.85. The Morgan fingerprint density at radius 2 is 1.60 bits per heavy atom. The van der Waals surface area contributed by atoms with Crippen LogP contribution in [-0.4, -0.2) is 8.07 Å². The molecule has 0 saturated carbocycles. The molecule has 0 fully saturated rings. The van der Waals surface area contributed by atoms with Gasteiger partial charge in [0.2, 0.25) is 0 Å². The van der Waals surface area contributed by atoms with Gasteiger partial charge in [0.15, 0.2) is 0 Å². The Labute approximate surface area is 95.0 Å². The fourth-order valence-electron chi connectivity index (χ4n) is 1.85. The van der Waals surface area contributed by atoms with Gasteiger partial charge in [-0.25, -0.2) is 0 Å². The van der Waals surface area contributed by atoms with E-state index in [9.17, 15) is 0 Å². The minimum atomic E-state index is -1.41. The third kappa shape index (κ3) is 2.40. The first-order valence-electron chi connectivity index (χ1n) is 5.61. The van der Waals surface area contributed by atoms with Crippen molar-refractivity contribution >= 4 is 13.3 Å². The van der Waals surface area contributed by atoms with E-state index in [-0.39, 0.29) is 0 Å². The smallest absolute Gasteiger partial charge is 0.0898 e. The molecular formula is C14H22Si. The molecule has 0 aliphatic heterocycles. The molecule has 0 saturated heterocycles. The van der Waals surface area contributed by atoms with Gasteiger partial charge >= 0.3 is 0 Å². The Bertz CT molecular complexity index is 334. The van der Waals surface area contributed by atoms with Crippen LogP contribution in [0.25, 0.3) is 0 Å². The van der Waals surface area contributed by atoms with E-state index < -0.39 is 8.07 Å². The van der Waals surface area contributed by atoms with E-state index in [1.54, 1.807) is 0 Å². The summed E-state index contributed by atoms with van der Waals surface area (Å²) in [7, 11) is -1.41. The summed E-state index contributed by atoms with van der Waals surface area (Å²) >= 11 is 0. The highest BCUT2D eigenvalue weighted by Gasteiger charge is 2.38. The lowest BCUT2D eigenvalue weighted by atomic mass is 10.2. The van der Waals surface area contributed by atoms with Crippen LogP contribution in [0.2, 0.25) is 18.1 Å². The van der Waals surface area contributed by atoms with Crippen LogP contribution in [0, 0.1) is 0 Å². The van der Waals surface area contributed by atoms with Gasteiger partial charge in [-0.1, -0.05) is 74.6 Å². The van der Waals surface area contributed by atoms with E-state index in [1.165, 1.54) is 5.19 Å². The number of rotatable bonds is 3. The van der Waals surface area contributed by atoms with Crippen LogP contribution in [0.3, 0.4) is 0 Å². The third-order valence-electron chi connectivity index (χ3n) is 3.69. The number of hydrogen-bond acceptors (Lipinski definition) is 0. The number of benzene rings is 1. The predicted octanol–water partition coefficient (Wildman–Crippen LogP) is 3.96. The predicted molar refractivity (Wildman–Crippen MR) is 72.4 cm³/mol. The zero-order valence-electron chi connectivity index (χ0n) is 10.5. The van der Waals surface area contributed by atoms with E-state index in [1.807, 2.05) is 0 Å². The van der Waals surface area contributed by atoms with Crippen molar-refractivity contribution in [1.29, 1.82) is 0 Å². The monoisotopic (exact) mass is 218 g/mol. The van der Waals surface area contributed by atoms with Gasteiger partial charge in [-0.05, 0) is 12.0 Å². The van der Waals surface area contributed by atoms with E-state index in [0.717, 1.165) is 0 Å². The maximum Gasteiger partial charge on any atom is 0.0898 e. The molecular weight excluding hydrogens is 196 g/mol. The SMILES string of the molecule is C/C=C/C(C)(C)[Si](C)(C)c1ccccc1. The topological polar surface area (TPSA) is 0 Å². The van der Waals surface area contributed by atoms with Crippen molar-refractivity contribution in [1.82, 2.24) is 0 Å². The lowest BCUT2D eigenvalue weighted by molar-refractivity contribution is 0.816. The van der Waals surface area contributed by atoms with Crippen molar-refractivity contribution in [3.8, 4) is 0 Å². The first-order chi connectivity index (χ1) is 6.92. The summed E-state index contributed by atoms with van der Waals surface area (Å²) in [4.78, 5) is 0. The number of hydrogen-bond donors (Lipinski definition) is 0. The fourth-order valence-corrected chi connectivity index (χ4v) is 4.20. The summed E-state index contributed by atoms with van der Waals surface area (Å²) in [5.41, 5.74) is 0. The van der Waals surface area contributed by atoms with E-state index >= 15 is 0 Å². The molecule has 0 N–H and O–H groups in total. The van der Waals surface area contributed by atoms with E-state index in [2.05, 4.69) is 76.3 Å². The van der Waals surface area contributed by atoms with Crippen LogP contribution >= 0.6 is 0 Å². The molecule has 0 aliphatic carbocycles. The summed E-state index contributed by atoms with van der Waals surface area (Å²) in [6.07, 6.45) is 4.53. The molecule has 82 valence electrons. The first-order valence-corrected chi connectivity index (χ1v) is 8.61. The lowest BCUT2D eigenvalue weighted by Gasteiger charge is -2.38. The molecule has 0 nitrogen and oxygen atoms in total. The van der Waals surface area contributed by atoms with Gasteiger partial charge in [-0.2, -0.15) is 0 Å². The normalized spacial score (nSPS) is 13.4. The second-order valence-corrected chi connectivity index (χ2v) is 10.3. The van der Waals surface area contributed by atoms with Gasteiger partial charge in [-0.3, -0.25) is 0 Å². The molecule has 1 rings (SSSR count). The summed E-state index contributed by atoms with van der Waals surface area (Å²) in [5, 5.41) is 1.84. The lowest BCUT2D eigenvalue weighted by Crippen LogP contribution is -2.49. The molecule has 15 heavy (non-hydrogen) atoms. The van der Waals surface area contributed by atoms with Gasteiger partial charge in [-0.15, -0.1) is 0 Å². The highest BCUT2D eigenvalue weighted by molar-refractivity contribution is 6.92. The Kier molecular flexibility index (Phi) is 3.56. The average Bonchev–Trinajstić information content (AvgIpc) is 2.19. The minimum Gasteiger partial charge on any atom is -0.0914 e. The molecule has 0 bridgehead atoms. The average molecular weight is 218 g/mol. The fraction of sp³-hybridized carbons (Fsp3) is 0.429. The minimum absolute atomic E-state index is 0.309. The zero-order valence-corrected chi connectivity index (χ0v) is 11.5. The first kappa shape index (κ1) is 12.2. The molecule has 1 aromatic rings. The zero-order chi connectivity index (χ0) is 11.5. The molecule has 0 heterocycles. The Hall–Kier alpha value is -0.823. The van der Waals surface area contributed by atoms with Crippen LogP contribution in [0.5, 0.6) is 0 Å². The van der Waals surface area contributed by atoms with Crippen molar-refractivity contribution in [2.45, 2.75) is 38.9 Å². The standard InChI is InChI=1S/C14H22Si/c1-6-12-14(2,3)15(4,5)13-10-8-7-9-11-13/h6-12H,1-5H3/b12-6+.